The van der Waals surface area contributed by atoms with Crippen molar-refractivity contribution in [1.29, 1.82) is 0 Å². The molecular formula is C13H18N2O3. The van der Waals surface area contributed by atoms with E-state index in [4.69, 9.17) is 9.84 Å². The number of hydrogen-bond acceptors (Lipinski definition) is 4. The number of nitrogens with zero attached hydrogens (tertiary/aromatic N) is 2. The van der Waals surface area contributed by atoms with Crippen molar-refractivity contribution in [3.63, 3.8) is 0 Å². The minimum atomic E-state index is -0.985. The van der Waals surface area contributed by atoms with Crippen molar-refractivity contribution < 1.29 is 14.6 Å². The zero-order chi connectivity index (χ0) is 13.4. The minimum Gasteiger partial charge on any atom is -0.492 e. The summed E-state index contributed by atoms with van der Waals surface area (Å²) >= 11 is 0. The van der Waals surface area contributed by atoms with E-state index in [9.17, 15) is 4.79 Å². The van der Waals surface area contributed by atoms with Gasteiger partial charge in [0.05, 0.1) is 18.5 Å². The molecule has 0 amide bonds. The topological polar surface area (TPSA) is 62.7 Å². The van der Waals surface area contributed by atoms with E-state index in [1.807, 2.05) is 14.1 Å². The van der Waals surface area contributed by atoms with Crippen molar-refractivity contribution in [2.45, 2.75) is 6.42 Å². The van der Waals surface area contributed by atoms with Crippen LogP contribution in [0.25, 0.3) is 6.08 Å². The summed E-state index contributed by atoms with van der Waals surface area (Å²) < 4.78 is 5.51. The van der Waals surface area contributed by atoms with Gasteiger partial charge in [0, 0.05) is 12.6 Å². The van der Waals surface area contributed by atoms with Crippen LogP contribution in [-0.4, -0.2) is 48.2 Å². The van der Waals surface area contributed by atoms with Crippen LogP contribution in [0.15, 0.2) is 24.4 Å². The summed E-state index contributed by atoms with van der Waals surface area (Å²) in [4.78, 5) is 16.5. The molecule has 0 fully saturated rings. The average Bonchev–Trinajstić information content (AvgIpc) is 2.33. The van der Waals surface area contributed by atoms with Crippen LogP contribution in [-0.2, 0) is 4.79 Å². The summed E-state index contributed by atoms with van der Waals surface area (Å²) in [6, 6.07) is 3.50. The smallest absolute Gasteiger partial charge is 0.328 e. The van der Waals surface area contributed by atoms with Gasteiger partial charge in [0.2, 0.25) is 0 Å². The second kappa shape index (κ2) is 7.45. The van der Waals surface area contributed by atoms with Gasteiger partial charge >= 0.3 is 5.97 Å². The number of pyridine rings is 1. The third kappa shape index (κ3) is 6.00. The molecule has 1 aromatic rings. The summed E-state index contributed by atoms with van der Waals surface area (Å²) in [6.45, 7) is 1.62. The summed E-state index contributed by atoms with van der Waals surface area (Å²) in [5.74, 6) is -0.290. The van der Waals surface area contributed by atoms with Crippen molar-refractivity contribution >= 4 is 12.0 Å². The van der Waals surface area contributed by atoms with E-state index in [0.717, 1.165) is 19.0 Å². The monoisotopic (exact) mass is 250 g/mol. The molecule has 0 aliphatic carbocycles. The predicted molar refractivity (Wildman–Crippen MR) is 69.6 cm³/mol. The lowest BCUT2D eigenvalue weighted by atomic mass is 10.3. The van der Waals surface area contributed by atoms with Crippen LogP contribution >= 0.6 is 0 Å². The van der Waals surface area contributed by atoms with Gasteiger partial charge in [-0.3, -0.25) is 4.98 Å². The molecule has 1 rings (SSSR count). The molecule has 1 aromatic heterocycles. The van der Waals surface area contributed by atoms with Crippen LogP contribution in [0.3, 0.4) is 0 Å². The zero-order valence-electron chi connectivity index (χ0n) is 10.7. The van der Waals surface area contributed by atoms with Crippen molar-refractivity contribution in [3.8, 4) is 5.75 Å². The van der Waals surface area contributed by atoms with E-state index >= 15 is 0 Å². The third-order valence-corrected chi connectivity index (χ3v) is 2.17. The zero-order valence-corrected chi connectivity index (χ0v) is 10.7. The maximum absolute atomic E-state index is 10.3. The highest BCUT2D eigenvalue weighted by atomic mass is 16.5. The SMILES string of the molecule is CN(C)CCCOc1ccc(/C=C/C(=O)O)nc1. The van der Waals surface area contributed by atoms with Gasteiger partial charge in [-0.15, -0.1) is 0 Å². The number of carbonyl (C=O) groups is 1. The Morgan fingerprint density at radius 1 is 1.50 bits per heavy atom. The molecule has 0 bridgehead atoms. The highest BCUT2D eigenvalue weighted by Gasteiger charge is 1.96. The number of aliphatic carboxylic acids is 1. The molecule has 1 heterocycles. The fourth-order valence-electron chi connectivity index (χ4n) is 1.30. The first-order valence-electron chi connectivity index (χ1n) is 5.72. The number of carboxylic acids is 1. The molecule has 18 heavy (non-hydrogen) atoms. The third-order valence-electron chi connectivity index (χ3n) is 2.17. The first-order valence-corrected chi connectivity index (χ1v) is 5.72. The Bertz CT molecular complexity index is 399. The summed E-state index contributed by atoms with van der Waals surface area (Å²) in [5.41, 5.74) is 0.595. The van der Waals surface area contributed by atoms with Gasteiger partial charge in [-0.1, -0.05) is 0 Å². The number of hydrogen-bond donors (Lipinski definition) is 1. The maximum Gasteiger partial charge on any atom is 0.328 e. The van der Waals surface area contributed by atoms with Crippen molar-refractivity contribution in [1.82, 2.24) is 9.88 Å². The van der Waals surface area contributed by atoms with Crippen molar-refractivity contribution in [3.05, 3.63) is 30.1 Å². The molecule has 0 atom stereocenters. The van der Waals surface area contributed by atoms with E-state index in [-0.39, 0.29) is 0 Å². The minimum absolute atomic E-state index is 0.595. The second-order valence-electron chi connectivity index (χ2n) is 4.10. The van der Waals surface area contributed by atoms with Gasteiger partial charge in [0.15, 0.2) is 0 Å². The van der Waals surface area contributed by atoms with Crippen molar-refractivity contribution in [2.24, 2.45) is 0 Å². The van der Waals surface area contributed by atoms with E-state index in [0.29, 0.717) is 18.1 Å². The summed E-state index contributed by atoms with van der Waals surface area (Å²) in [7, 11) is 4.04. The molecule has 0 unspecified atom stereocenters. The molecule has 5 heteroatoms. The molecule has 0 saturated carbocycles. The Hall–Kier alpha value is -1.88. The molecule has 1 N–H and O–H groups in total. The van der Waals surface area contributed by atoms with Gasteiger partial charge < -0.3 is 14.7 Å². The van der Waals surface area contributed by atoms with E-state index in [1.165, 1.54) is 6.08 Å². The molecule has 0 saturated heterocycles. The Morgan fingerprint density at radius 3 is 2.83 bits per heavy atom. The Kier molecular flexibility index (Phi) is 5.87. The van der Waals surface area contributed by atoms with Crippen LogP contribution in [0.5, 0.6) is 5.75 Å². The van der Waals surface area contributed by atoms with E-state index in [1.54, 1.807) is 18.3 Å². The lowest BCUT2D eigenvalue weighted by Gasteiger charge is -2.10. The average molecular weight is 250 g/mol. The maximum atomic E-state index is 10.3. The standard InChI is InChI=1S/C13H18N2O3/c1-15(2)8-3-9-18-12-6-4-11(14-10-12)5-7-13(16)17/h4-7,10H,3,8-9H2,1-2H3,(H,16,17)/b7-5+. The lowest BCUT2D eigenvalue weighted by molar-refractivity contribution is -0.131. The highest BCUT2D eigenvalue weighted by Crippen LogP contribution is 2.10. The molecule has 0 aliphatic rings. The largest absolute Gasteiger partial charge is 0.492 e. The number of carboxylic acid groups (broad SMARTS) is 1. The quantitative estimate of drug-likeness (QED) is 0.587. The van der Waals surface area contributed by atoms with Gasteiger partial charge in [-0.2, -0.15) is 0 Å². The lowest BCUT2D eigenvalue weighted by Crippen LogP contribution is -2.15. The number of rotatable bonds is 7. The van der Waals surface area contributed by atoms with Crippen LogP contribution in [0.1, 0.15) is 12.1 Å². The van der Waals surface area contributed by atoms with Crippen LogP contribution in [0.2, 0.25) is 0 Å². The van der Waals surface area contributed by atoms with Gasteiger partial charge in [0.25, 0.3) is 0 Å². The van der Waals surface area contributed by atoms with Gasteiger partial charge in [0.1, 0.15) is 5.75 Å². The second-order valence-corrected chi connectivity index (χ2v) is 4.10. The molecular weight excluding hydrogens is 232 g/mol. The molecule has 0 spiro atoms. The van der Waals surface area contributed by atoms with Crippen LogP contribution < -0.4 is 4.74 Å². The predicted octanol–water partition coefficient (Wildman–Crippen LogP) is 1.51. The van der Waals surface area contributed by atoms with Crippen molar-refractivity contribution in [2.75, 3.05) is 27.2 Å². The van der Waals surface area contributed by atoms with Gasteiger partial charge in [-0.05, 0) is 38.7 Å². The van der Waals surface area contributed by atoms with E-state index < -0.39 is 5.97 Å². The molecule has 98 valence electrons. The summed E-state index contributed by atoms with van der Waals surface area (Å²) in [6.07, 6.45) is 5.04. The van der Waals surface area contributed by atoms with Crippen LogP contribution in [0, 0.1) is 0 Å². The molecule has 0 aliphatic heterocycles. The van der Waals surface area contributed by atoms with Gasteiger partial charge in [-0.25, -0.2) is 4.79 Å². The molecule has 0 radical (unpaired) electrons. The Balaban J connectivity index is 2.38. The van der Waals surface area contributed by atoms with Crippen LogP contribution in [0.4, 0.5) is 0 Å². The highest BCUT2D eigenvalue weighted by molar-refractivity contribution is 5.84. The first-order chi connectivity index (χ1) is 8.58. The molecule has 0 aromatic carbocycles. The Labute approximate surface area is 107 Å². The fraction of sp³-hybridized carbons (Fsp3) is 0.385. The number of aromatic nitrogens is 1. The van der Waals surface area contributed by atoms with E-state index in [2.05, 4.69) is 9.88 Å². The Morgan fingerprint density at radius 2 is 2.28 bits per heavy atom. The molecule has 5 nitrogen and oxygen atoms in total. The summed E-state index contributed by atoms with van der Waals surface area (Å²) in [5, 5.41) is 8.47. The fourth-order valence-corrected chi connectivity index (χ4v) is 1.30. The normalized spacial score (nSPS) is 11.1. The number of ether oxygens (including phenoxy) is 1. The first kappa shape index (κ1) is 14.2.